The molecule has 0 saturated carbocycles. The van der Waals surface area contributed by atoms with Crippen LogP contribution in [-0.4, -0.2) is 6.04 Å². The van der Waals surface area contributed by atoms with Crippen LogP contribution in [0, 0.1) is 24.1 Å². The molecule has 21 heavy (non-hydrogen) atoms. The maximum absolute atomic E-state index is 13.8. The Labute approximate surface area is 125 Å². The van der Waals surface area contributed by atoms with Crippen molar-refractivity contribution in [1.29, 1.82) is 5.26 Å². The van der Waals surface area contributed by atoms with E-state index in [9.17, 15) is 4.39 Å². The first-order chi connectivity index (χ1) is 10.1. The van der Waals surface area contributed by atoms with Gasteiger partial charge in [-0.05, 0) is 50.5 Å². The molecule has 0 bridgehead atoms. The van der Waals surface area contributed by atoms with Crippen molar-refractivity contribution in [2.75, 3.05) is 5.32 Å². The van der Waals surface area contributed by atoms with E-state index in [-0.39, 0.29) is 11.9 Å². The number of hydrogen-bond donors (Lipinski definition) is 1. The van der Waals surface area contributed by atoms with Crippen LogP contribution in [0.1, 0.15) is 30.0 Å². The van der Waals surface area contributed by atoms with E-state index in [1.807, 2.05) is 13.0 Å². The van der Waals surface area contributed by atoms with Crippen molar-refractivity contribution < 1.29 is 4.39 Å². The van der Waals surface area contributed by atoms with Gasteiger partial charge in [-0.2, -0.15) is 5.26 Å². The minimum Gasteiger partial charge on any atom is -0.380 e. The second-order valence-electron chi connectivity index (χ2n) is 5.38. The van der Waals surface area contributed by atoms with Gasteiger partial charge in [0, 0.05) is 6.04 Å². The molecule has 0 heterocycles. The average molecular weight is 282 g/mol. The zero-order valence-electron chi connectivity index (χ0n) is 12.4. The van der Waals surface area contributed by atoms with Crippen molar-refractivity contribution in [1.82, 2.24) is 0 Å². The first-order valence-electron chi connectivity index (χ1n) is 7.10. The summed E-state index contributed by atoms with van der Waals surface area (Å²) < 4.78 is 13.8. The Morgan fingerprint density at radius 2 is 2.05 bits per heavy atom. The normalized spacial score (nSPS) is 11.7. The third kappa shape index (κ3) is 4.32. The Morgan fingerprint density at radius 1 is 1.24 bits per heavy atom. The molecule has 1 atom stereocenters. The molecule has 3 heteroatoms. The minimum absolute atomic E-state index is 0.160. The van der Waals surface area contributed by atoms with Crippen LogP contribution in [-0.2, 0) is 6.42 Å². The molecule has 108 valence electrons. The number of nitrogens with one attached hydrogen (secondary N) is 1. The summed E-state index contributed by atoms with van der Waals surface area (Å²) in [6.45, 7) is 4.12. The molecule has 1 unspecified atom stereocenters. The fourth-order valence-electron chi connectivity index (χ4n) is 2.29. The summed E-state index contributed by atoms with van der Waals surface area (Å²) in [6.07, 6.45) is 1.87. The van der Waals surface area contributed by atoms with Crippen molar-refractivity contribution in [3.63, 3.8) is 0 Å². The number of halogens is 1. The molecule has 0 amide bonds. The zero-order valence-corrected chi connectivity index (χ0v) is 12.4. The molecule has 2 aromatic rings. The number of nitriles is 1. The number of rotatable bonds is 5. The van der Waals surface area contributed by atoms with Gasteiger partial charge in [-0.1, -0.05) is 29.8 Å². The molecule has 2 aromatic carbocycles. The number of nitrogens with zero attached hydrogens (tertiary/aromatic N) is 1. The zero-order chi connectivity index (χ0) is 15.2. The largest absolute Gasteiger partial charge is 0.380 e. The third-order valence-corrected chi connectivity index (χ3v) is 3.45. The van der Waals surface area contributed by atoms with E-state index >= 15 is 0 Å². The Morgan fingerprint density at radius 3 is 2.71 bits per heavy atom. The Balaban J connectivity index is 1.93. The lowest BCUT2D eigenvalue weighted by Crippen LogP contribution is -2.17. The van der Waals surface area contributed by atoms with E-state index < -0.39 is 0 Å². The van der Waals surface area contributed by atoms with Crippen LogP contribution in [0.5, 0.6) is 0 Å². The van der Waals surface area contributed by atoms with Crippen molar-refractivity contribution in [3.8, 4) is 6.07 Å². The SMILES string of the molecule is Cc1cccc(CCC(C)Nc2ccc(C#N)cc2F)c1. The molecule has 0 aliphatic heterocycles. The van der Waals surface area contributed by atoms with Crippen molar-refractivity contribution in [3.05, 3.63) is 65.0 Å². The van der Waals surface area contributed by atoms with Gasteiger partial charge in [0.05, 0.1) is 17.3 Å². The van der Waals surface area contributed by atoms with Gasteiger partial charge in [0.15, 0.2) is 0 Å². The molecule has 1 N–H and O–H groups in total. The van der Waals surface area contributed by atoms with Gasteiger partial charge in [-0.25, -0.2) is 4.39 Å². The highest BCUT2D eigenvalue weighted by Gasteiger charge is 2.07. The molecular formula is C18H19FN2. The fourth-order valence-corrected chi connectivity index (χ4v) is 2.29. The van der Waals surface area contributed by atoms with Crippen LogP contribution in [0.2, 0.25) is 0 Å². The van der Waals surface area contributed by atoms with Crippen molar-refractivity contribution in [2.45, 2.75) is 32.7 Å². The molecule has 0 radical (unpaired) electrons. The molecule has 0 aliphatic carbocycles. The highest BCUT2D eigenvalue weighted by atomic mass is 19.1. The van der Waals surface area contributed by atoms with Gasteiger partial charge in [0.1, 0.15) is 5.82 Å². The number of aryl methyl sites for hydroxylation is 2. The second kappa shape index (κ2) is 6.90. The van der Waals surface area contributed by atoms with Gasteiger partial charge in [0.25, 0.3) is 0 Å². The minimum atomic E-state index is -0.378. The maximum atomic E-state index is 13.8. The third-order valence-electron chi connectivity index (χ3n) is 3.45. The lowest BCUT2D eigenvalue weighted by atomic mass is 10.0. The summed E-state index contributed by atoms with van der Waals surface area (Å²) in [5.74, 6) is -0.378. The van der Waals surface area contributed by atoms with Gasteiger partial charge >= 0.3 is 0 Å². The average Bonchev–Trinajstić information content (AvgIpc) is 2.47. The predicted octanol–water partition coefficient (Wildman–Crippen LogP) is 4.44. The van der Waals surface area contributed by atoms with E-state index in [2.05, 4.69) is 36.5 Å². The maximum Gasteiger partial charge on any atom is 0.147 e. The van der Waals surface area contributed by atoms with Gasteiger partial charge in [-0.15, -0.1) is 0 Å². The molecule has 0 aliphatic rings. The Kier molecular flexibility index (Phi) is 4.94. The first-order valence-corrected chi connectivity index (χ1v) is 7.10. The van der Waals surface area contributed by atoms with Crippen LogP contribution >= 0.6 is 0 Å². The highest BCUT2D eigenvalue weighted by molar-refractivity contribution is 5.49. The van der Waals surface area contributed by atoms with Gasteiger partial charge in [0.2, 0.25) is 0 Å². The van der Waals surface area contributed by atoms with Gasteiger partial charge < -0.3 is 5.32 Å². The topological polar surface area (TPSA) is 35.8 Å². The molecule has 2 nitrogen and oxygen atoms in total. The quantitative estimate of drug-likeness (QED) is 0.880. The van der Waals surface area contributed by atoms with Crippen LogP contribution in [0.4, 0.5) is 10.1 Å². The molecule has 0 fully saturated rings. The Bertz CT molecular complexity index is 659. The number of anilines is 1. The molecule has 0 spiro atoms. The van der Waals surface area contributed by atoms with E-state index in [4.69, 9.17) is 5.26 Å². The van der Waals surface area contributed by atoms with E-state index in [0.29, 0.717) is 11.3 Å². The summed E-state index contributed by atoms with van der Waals surface area (Å²) in [5, 5.41) is 11.9. The number of hydrogen-bond acceptors (Lipinski definition) is 2. The number of benzene rings is 2. The Hall–Kier alpha value is -2.34. The summed E-state index contributed by atoms with van der Waals surface area (Å²) in [4.78, 5) is 0. The molecule has 0 saturated heterocycles. The lowest BCUT2D eigenvalue weighted by molar-refractivity contribution is 0.621. The monoisotopic (exact) mass is 282 g/mol. The molecule has 2 rings (SSSR count). The standard InChI is InChI=1S/C18H19FN2/c1-13-4-3-5-15(10-13)7-6-14(2)21-18-9-8-16(12-20)11-17(18)19/h3-5,8-11,14,21H,6-7H2,1-2H3. The summed E-state index contributed by atoms with van der Waals surface area (Å²) in [5.41, 5.74) is 3.34. The summed E-state index contributed by atoms with van der Waals surface area (Å²) in [6, 6.07) is 15.0. The van der Waals surface area contributed by atoms with E-state index in [0.717, 1.165) is 12.8 Å². The van der Waals surface area contributed by atoms with Crippen LogP contribution < -0.4 is 5.32 Å². The van der Waals surface area contributed by atoms with Crippen LogP contribution in [0.15, 0.2) is 42.5 Å². The summed E-state index contributed by atoms with van der Waals surface area (Å²) >= 11 is 0. The lowest BCUT2D eigenvalue weighted by Gasteiger charge is -2.16. The van der Waals surface area contributed by atoms with Crippen molar-refractivity contribution in [2.24, 2.45) is 0 Å². The van der Waals surface area contributed by atoms with Crippen molar-refractivity contribution >= 4 is 5.69 Å². The predicted molar refractivity (Wildman–Crippen MR) is 83.7 cm³/mol. The summed E-state index contributed by atoms with van der Waals surface area (Å²) in [7, 11) is 0. The molecular weight excluding hydrogens is 263 g/mol. The van der Waals surface area contributed by atoms with E-state index in [1.54, 1.807) is 12.1 Å². The second-order valence-corrected chi connectivity index (χ2v) is 5.38. The van der Waals surface area contributed by atoms with E-state index in [1.165, 1.54) is 17.2 Å². The highest BCUT2D eigenvalue weighted by Crippen LogP contribution is 2.18. The van der Waals surface area contributed by atoms with Crippen LogP contribution in [0.3, 0.4) is 0 Å². The van der Waals surface area contributed by atoms with Crippen LogP contribution in [0.25, 0.3) is 0 Å². The molecule has 0 aromatic heterocycles. The first kappa shape index (κ1) is 15.1. The van der Waals surface area contributed by atoms with Gasteiger partial charge in [-0.3, -0.25) is 0 Å². The smallest absolute Gasteiger partial charge is 0.147 e. The fraction of sp³-hybridized carbons (Fsp3) is 0.278.